The van der Waals surface area contributed by atoms with E-state index in [1.807, 2.05) is 0 Å². The first-order valence-electron chi connectivity index (χ1n) is 8.28. The number of hydrogen-bond donors (Lipinski definition) is 4. The molecule has 2 rings (SSSR count). The fraction of sp³-hybridized carbons (Fsp3) is 0.647. The van der Waals surface area contributed by atoms with Gasteiger partial charge in [0.25, 0.3) is 0 Å². The van der Waals surface area contributed by atoms with Crippen LogP contribution >= 0.6 is 0 Å². The smallest absolute Gasteiger partial charge is 0.0178 e. The minimum atomic E-state index is 0.626. The summed E-state index contributed by atoms with van der Waals surface area (Å²) in [6.07, 6.45) is 3.56. The molecule has 0 atom stereocenters. The van der Waals surface area contributed by atoms with Gasteiger partial charge in [-0.2, -0.15) is 0 Å². The molecule has 0 aliphatic carbocycles. The van der Waals surface area contributed by atoms with E-state index in [-0.39, 0.29) is 0 Å². The molecule has 0 radical (unpaired) electrons. The van der Waals surface area contributed by atoms with Gasteiger partial charge >= 0.3 is 0 Å². The zero-order valence-electron chi connectivity index (χ0n) is 13.0. The minimum Gasteiger partial charge on any atom is -0.326 e. The third kappa shape index (κ3) is 6.57. The predicted molar refractivity (Wildman–Crippen MR) is 89.4 cm³/mol. The third-order valence-corrected chi connectivity index (χ3v) is 4.06. The van der Waals surface area contributed by atoms with Gasteiger partial charge in [0, 0.05) is 6.54 Å². The minimum absolute atomic E-state index is 0.626. The van der Waals surface area contributed by atoms with E-state index in [1.54, 1.807) is 0 Å². The number of nitrogens with one attached hydrogen (secondary N) is 3. The summed E-state index contributed by atoms with van der Waals surface area (Å²) in [5.41, 5.74) is 8.28. The Kier molecular flexibility index (Phi) is 7.75. The van der Waals surface area contributed by atoms with Crippen molar-refractivity contribution in [2.75, 3.05) is 39.3 Å². The molecule has 0 spiro atoms. The maximum atomic E-state index is 5.66. The van der Waals surface area contributed by atoms with Crippen LogP contribution in [0.25, 0.3) is 0 Å². The molecule has 4 heteroatoms. The Bertz CT molecular complexity index is 365. The summed E-state index contributed by atoms with van der Waals surface area (Å²) in [5.74, 6) is 0.654. The first-order valence-corrected chi connectivity index (χ1v) is 8.28. The Balaban J connectivity index is 1.84. The summed E-state index contributed by atoms with van der Waals surface area (Å²) >= 11 is 0. The van der Waals surface area contributed by atoms with Gasteiger partial charge < -0.3 is 21.7 Å². The zero-order valence-corrected chi connectivity index (χ0v) is 13.0. The van der Waals surface area contributed by atoms with E-state index >= 15 is 0 Å². The second kappa shape index (κ2) is 9.90. The fourth-order valence-electron chi connectivity index (χ4n) is 2.78. The third-order valence-electron chi connectivity index (χ3n) is 4.06. The highest BCUT2D eigenvalue weighted by Crippen LogP contribution is 2.10. The van der Waals surface area contributed by atoms with Gasteiger partial charge in [-0.15, -0.1) is 0 Å². The molecule has 1 fully saturated rings. The van der Waals surface area contributed by atoms with E-state index in [0.717, 1.165) is 45.7 Å². The lowest BCUT2D eigenvalue weighted by Gasteiger charge is -2.20. The van der Waals surface area contributed by atoms with Crippen LogP contribution in [0, 0.1) is 5.92 Å². The van der Waals surface area contributed by atoms with Crippen molar-refractivity contribution in [1.29, 1.82) is 0 Å². The molecule has 1 aromatic rings. The van der Waals surface area contributed by atoms with Gasteiger partial charge in [-0.05, 0) is 75.6 Å². The molecular formula is C17H30N4. The highest BCUT2D eigenvalue weighted by Gasteiger charge is 2.10. The summed E-state index contributed by atoms with van der Waals surface area (Å²) < 4.78 is 0. The van der Waals surface area contributed by atoms with Crippen molar-refractivity contribution in [3.8, 4) is 0 Å². The second-order valence-electron chi connectivity index (χ2n) is 5.96. The Labute approximate surface area is 128 Å². The number of rotatable bonds is 3. The van der Waals surface area contributed by atoms with E-state index in [0.29, 0.717) is 12.5 Å². The lowest BCUT2D eigenvalue weighted by atomic mass is 9.98. The molecule has 1 saturated heterocycles. The van der Waals surface area contributed by atoms with Crippen LogP contribution in [0.2, 0.25) is 0 Å². The van der Waals surface area contributed by atoms with Crippen molar-refractivity contribution in [3.63, 3.8) is 0 Å². The lowest BCUT2D eigenvalue weighted by Crippen LogP contribution is -2.36. The van der Waals surface area contributed by atoms with Crippen LogP contribution in [0.15, 0.2) is 24.3 Å². The van der Waals surface area contributed by atoms with E-state index in [1.165, 1.54) is 24.0 Å². The molecule has 0 bridgehead atoms. The van der Waals surface area contributed by atoms with Crippen LogP contribution < -0.4 is 21.7 Å². The Hall–Kier alpha value is -0.940. The van der Waals surface area contributed by atoms with E-state index in [9.17, 15) is 0 Å². The number of nitrogens with two attached hydrogens (primary N) is 1. The van der Waals surface area contributed by atoms with Crippen LogP contribution in [0.3, 0.4) is 0 Å². The molecule has 1 aliphatic rings. The molecule has 5 N–H and O–H groups in total. The van der Waals surface area contributed by atoms with Crippen molar-refractivity contribution in [2.45, 2.75) is 25.8 Å². The van der Waals surface area contributed by atoms with Gasteiger partial charge in [-0.25, -0.2) is 0 Å². The Morgan fingerprint density at radius 3 is 1.90 bits per heavy atom. The normalized spacial score (nSPS) is 19.7. The molecule has 118 valence electrons. The van der Waals surface area contributed by atoms with Crippen LogP contribution in [0.5, 0.6) is 0 Å². The molecule has 1 aromatic carbocycles. The maximum Gasteiger partial charge on any atom is 0.0178 e. The SMILES string of the molecule is NCc1ccc(CC2CNCCCNCCCNC2)cc1. The fourth-order valence-corrected chi connectivity index (χ4v) is 2.78. The summed E-state index contributed by atoms with van der Waals surface area (Å²) in [4.78, 5) is 0. The Morgan fingerprint density at radius 1 is 0.810 bits per heavy atom. The number of hydrogen-bond acceptors (Lipinski definition) is 4. The van der Waals surface area contributed by atoms with Gasteiger partial charge in [-0.3, -0.25) is 0 Å². The highest BCUT2D eigenvalue weighted by atomic mass is 14.9. The average molecular weight is 290 g/mol. The topological polar surface area (TPSA) is 62.1 Å². The van der Waals surface area contributed by atoms with Crippen LogP contribution in [0.4, 0.5) is 0 Å². The first-order chi connectivity index (χ1) is 10.4. The van der Waals surface area contributed by atoms with Crippen LogP contribution in [-0.4, -0.2) is 39.3 Å². The van der Waals surface area contributed by atoms with Crippen molar-refractivity contribution < 1.29 is 0 Å². The molecule has 0 unspecified atom stereocenters. The van der Waals surface area contributed by atoms with Gasteiger partial charge in [-0.1, -0.05) is 24.3 Å². The second-order valence-corrected chi connectivity index (χ2v) is 5.96. The standard InChI is InChI=1S/C17H30N4/c18-12-16-5-3-15(4-6-16)11-17-13-20-9-1-7-19-8-2-10-21-14-17/h3-6,17,19-21H,1-2,7-14,18H2. The van der Waals surface area contributed by atoms with Crippen molar-refractivity contribution in [3.05, 3.63) is 35.4 Å². The molecule has 21 heavy (non-hydrogen) atoms. The highest BCUT2D eigenvalue weighted by molar-refractivity contribution is 5.22. The van der Waals surface area contributed by atoms with Gasteiger partial charge in [0.1, 0.15) is 0 Å². The molecule has 1 aliphatic heterocycles. The molecule has 1 heterocycles. The molecule has 4 nitrogen and oxygen atoms in total. The Morgan fingerprint density at radius 2 is 1.33 bits per heavy atom. The molecule has 0 aromatic heterocycles. The summed E-state index contributed by atoms with van der Waals surface area (Å²) in [6.45, 7) is 7.26. The summed E-state index contributed by atoms with van der Waals surface area (Å²) in [5, 5.41) is 10.7. The average Bonchev–Trinajstić information content (AvgIpc) is 2.51. The van der Waals surface area contributed by atoms with Gasteiger partial charge in [0.15, 0.2) is 0 Å². The predicted octanol–water partition coefficient (Wildman–Crippen LogP) is 0.867. The van der Waals surface area contributed by atoms with Gasteiger partial charge in [0.2, 0.25) is 0 Å². The van der Waals surface area contributed by atoms with E-state index < -0.39 is 0 Å². The summed E-state index contributed by atoms with van der Waals surface area (Å²) in [6, 6.07) is 8.75. The lowest BCUT2D eigenvalue weighted by molar-refractivity contribution is 0.424. The molecule has 0 saturated carbocycles. The molecular weight excluding hydrogens is 260 g/mol. The summed E-state index contributed by atoms with van der Waals surface area (Å²) in [7, 11) is 0. The quantitative estimate of drug-likeness (QED) is 0.667. The van der Waals surface area contributed by atoms with Crippen molar-refractivity contribution in [1.82, 2.24) is 16.0 Å². The van der Waals surface area contributed by atoms with E-state index in [2.05, 4.69) is 40.2 Å². The van der Waals surface area contributed by atoms with Crippen molar-refractivity contribution >= 4 is 0 Å². The van der Waals surface area contributed by atoms with Gasteiger partial charge in [0.05, 0.1) is 0 Å². The van der Waals surface area contributed by atoms with Crippen LogP contribution in [0.1, 0.15) is 24.0 Å². The zero-order chi connectivity index (χ0) is 14.8. The first kappa shape index (κ1) is 16.4. The van der Waals surface area contributed by atoms with Crippen molar-refractivity contribution in [2.24, 2.45) is 11.7 Å². The van der Waals surface area contributed by atoms with Crippen LogP contribution in [-0.2, 0) is 13.0 Å². The number of benzene rings is 1. The largest absolute Gasteiger partial charge is 0.326 e. The maximum absolute atomic E-state index is 5.66. The van der Waals surface area contributed by atoms with E-state index in [4.69, 9.17) is 5.73 Å². The molecule has 0 amide bonds. The monoisotopic (exact) mass is 290 g/mol.